The lowest BCUT2D eigenvalue weighted by Gasteiger charge is -2.19. The Balaban J connectivity index is 1.65. The lowest BCUT2D eigenvalue weighted by molar-refractivity contribution is -0.117. The SMILES string of the molecule is CC1CC1C(=O)Nc1ccc(C(=O)OCCCNC(=O)OC(C)(C)C)cc1. The van der Waals surface area contributed by atoms with Crippen LogP contribution in [0.4, 0.5) is 10.5 Å². The summed E-state index contributed by atoms with van der Waals surface area (Å²) in [6, 6.07) is 6.61. The fraction of sp³-hybridized carbons (Fsp3) is 0.550. The zero-order valence-corrected chi connectivity index (χ0v) is 16.3. The third-order valence-corrected chi connectivity index (χ3v) is 4.06. The van der Waals surface area contributed by atoms with Gasteiger partial charge in [0, 0.05) is 18.2 Å². The number of carbonyl (C=O) groups excluding carboxylic acids is 3. The van der Waals surface area contributed by atoms with Crippen molar-refractivity contribution in [2.24, 2.45) is 11.8 Å². The van der Waals surface area contributed by atoms with E-state index >= 15 is 0 Å². The van der Waals surface area contributed by atoms with Gasteiger partial charge in [0.1, 0.15) is 5.60 Å². The standard InChI is InChI=1S/C20H28N2O5/c1-13-12-16(13)17(23)22-15-8-6-14(7-9-15)18(24)26-11-5-10-21-19(25)27-20(2,3)4/h6-9,13,16H,5,10-12H2,1-4H3,(H,21,25)(H,22,23). The third-order valence-electron chi connectivity index (χ3n) is 4.06. The van der Waals surface area contributed by atoms with E-state index in [-0.39, 0.29) is 18.4 Å². The summed E-state index contributed by atoms with van der Waals surface area (Å²) in [6.45, 7) is 7.96. The fourth-order valence-electron chi connectivity index (χ4n) is 2.44. The predicted octanol–water partition coefficient (Wildman–Crippen LogP) is 3.35. The Morgan fingerprint density at radius 2 is 1.78 bits per heavy atom. The Morgan fingerprint density at radius 1 is 1.15 bits per heavy atom. The van der Waals surface area contributed by atoms with Crippen LogP contribution in [-0.4, -0.2) is 36.7 Å². The minimum atomic E-state index is -0.543. The number of ether oxygens (including phenoxy) is 2. The smallest absolute Gasteiger partial charge is 0.407 e. The van der Waals surface area contributed by atoms with Crippen LogP contribution in [0.25, 0.3) is 0 Å². The Kier molecular flexibility index (Phi) is 6.82. The molecule has 148 valence electrons. The van der Waals surface area contributed by atoms with Crippen LogP contribution in [0.2, 0.25) is 0 Å². The van der Waals surface area contributed by atoms with Gasteiger partial charge in [-0.3, -0.25) is 4.79 Å². The number of carbonyl (C=O) groups is 3. The summed E-state index contributed by atoms with van der Waals surface area (Å²) in [4.78, 5) is 35.4. The van der Waals surface area contributed by atoms with E-state index in [0.717, 1.165) is 6.42 Å². The molecule has 2 N–H and O–H groups in total. The topological polar surface area (TPSA) is 93.7 Å². The van der Waals surface area contributed by atoms with E-state index < -0.39 is 17.7 Å². The minimum absolute atomic E-state index is 0.0234. The van der Waals surface area contributed by atoms with E-state index in [2.05, 4.69) is 10.6 Å². The van der Waals surface area contributed by atoms with Crippen molar-refractivity contribution >= 4 is 23.7 Å². The molecule has 1 fully saturated rings. The first-order chi connectivity index (χ1) is 12.7. The maximum absolute atomic E-state index is 12.0. The van der Waals surface area contributed by atoms with Crippen LogP contribution in [0.3, 0.4) is 0 Å². The van der Waals surface area contributed by atoms with Crippen LogP contribution in [-0.2, 0) is 14.3 Å². The summed E-state index contributed by atoms with van der Waals surface area (Å²) in [7, 11) is 0. The van der Waals surface area contributed by atoms with Crippen molar-refractivity contribution in [3.05, 3.63) is 29.8 Å². The first kappa shape index (κ1) is 20.7. The molecule has 0 spiro atoms. The molecule has 0 radical (unpaired) electrons. The molecule has 1 aromatic rings. The lowest BCUT2D eigenvalue weighted by atomic mass is 10.2. The molecule has 0 aliphatic heterocycles. The molecule has 2 rings (SSSR count). The van der Waals surface area contributed by atoms with Crippen molar-refractivity contribution in [3.63, 3.8) is 0 Å². The van der Waals surface area contributed by atoms with Crippen molar-refractivity contribution in [3.8, 4) is 0 Å². The normalized spacial score (nSPS) is 18.4. The second-order valence-corrected chi connectivity index (χ2v) is 7.80. The van der Waals surface area contributed by atoms with Crippen LogP contribution < -0.4 is 10.6 Å². The molecule has 0 aromatic heterocycles. The molecule has 0 bridgehead atoms. The number of hydrogen-bond donors (Lipinski definition) is 2. The zero-order valence-electron chi connectivity index (χ0n) is 16.3. The van der Waals surface area contributed by atoms with Crippen LogP contribution >= 0.6 is 0 Å². The van der Waals surface area contributed by atoms with Crippen LogP contribution in [0.5, 0.6) is 0 Å². The molecular weight excluding hydrogens is 348 g/mol. The molecule has 2 amide bonds. The maximum Gasteiger partial charge on any atom is 0.407 e. The largest absolute Gasteiger partial charge is 0.462 e. The van der Waals surface area contributed by atoms with Gasteiger partial charge in [-0.25, -0.2) is 9.59 Å². The molecular formula is C20H28N2O5. The predicted molar refractivity (Wildman–Crippen MR) is 101 cm³/mol. The van der Waals surface area contributed by atoms with E-state index in [9.17, 15) is 14.4 Å². The summed E-state index contributed by atoms with van der Waals surface area (Å²) in [6.07, 6.45) is 0.921. The molecule has 0 heterocycles. The zero-order chi connectivity index (χ0) is 20.0. The molecule has 0 saturated heterocycles. The molecule has 1 aliphatic carbocycles. The first-order valence-electron chi connectivity index (χ1n) is 9.20. The van der Waals surface area contributed by atoms with Gasteiger partial charge in [0.2, 0.25) is 5.91 Å². The second-order valence-electron chi connectivity index (χ2n) is 7.80. The van der Waals surface area contributed by atoms with E-state index in [1.807, 2.05) is 6.92 Å². The van der Waals surface area contributed by atoms with Crippen molar-refractivity contribution in [2.45, 2.75) is 46.1 Å². The molecule has 2 atom stereocenters. The minimum Gasteiger partial charge on any atom is -0.462 e. The highest BCUT2D eigenvalue weighted by Crippen LogP contribution is 2.38. The van der Waals surface area contributed by atoms with E-state index in [0.29, 0.717) is 30.1 Å². The number of rotatable bonds is 7. The van der Waals surface area contributed by atoms with Gasteiger partial charge < -0.3 is 20.1 Å². The quantitative estimate of drug-likeness (QED) is 0.562. The monoisotopic (exact) mass is 376 g/mol. The van der Waals surface area contributed by atoms with E-state index in [1.165, 1.54) is 0 Å². The summed E-state index contributed by atoms with van der Waals surface area (Å²) >= 11 is 0. The molecule has 2 unspecified atom stereocenters. The number of nitrogens with one attached hydrogen (secondary N) is 2. The number of esters is 1. The first-order valence-corrected chi connectivity index (χ1v) is 9.20. The van der Waals surface area contributed by atoms with Crippen molar-refractivity contribution in [2.75, 3.05) is 18.5 Å². The number of alkyl carbamates (subject to hydrolysis) is 1. The molecule has 1 aliphatic rings. The Hall–Kier alpha value is -2.57. The number of benzene rings is 1. The van der Waals surface area contributed by atoms with Crippen molar-refractivity contribution < 1.29 is 23.9 Å². The summed E-state index contributed by atoms with van der Waals surface area (Å²) in [5.41, 5.74) is 0.532. The van der Waals surface area contributed by atoms with E-state index in [1.54, 1.807) is 45.0 Å². The van der Waals surface area contributed by atoms with Gasteiger partial charge in [-0.1, -0.05) is 6.92 Å². The molecule has 7 heteroatoms. The van der Waals surface area contributed by atoms with Gasteiger partial charge >= 0.3 is 12.1 Å². The van der Waals surface area contributed by atoms with Gasteiger partial charge in [-0.05, 0) is 63.8 Å². The number of hydrogen-bond acceptors (Lipinski definition) is 5. The van der Waals surface area contributed by atoms with Gasteiger partial charge in [-0.15, -0.1) is 0 Å². The van der Waals surface area contributed by atoms with Crippen molar-refractivity contribution in [1.29, 1.82) is 0 Å². The Bertz CT molecular complexity index is 679. The summed E-state index contributed by atoms with van der Waals surface area (Å²) in [5, 5.41) is 5.45. The summed E-state index contributed by atoms with van der Waals surface area (Å²) < 4.78 is 10.3. The number of anilines is 1. The average molecular weight is 376 g/mol. The average Bonchev–Trinajstić information content (AvgIpc) is 3.30. The van der Waals surface area contributed by atoms with Gasteiger partial charge in [0.25, 0.3) is 0 Å². The number of amides is 2. The molecule has 27 heavy (non-hydrogen) atoms. The molecule has 1 saturated carbocycles. The highest BCUT2D eigenvalue weighted by Gasteiger charge is 2.39. The van der Waals surface area contributed by atoms with Crippen LogP contribution in [0.15, 0.2) is 24.3 Å². The van der Waals surface area contributed by atoms with Crippen molar-refractivity contribution in [1.82, 2.24) is 5.32 Å². The lowest BCUT2D eigenvalue weighted by Crippen LogP contribution is -2.33. The highest BCUT2D eigenvalue weighted by molar-refractivity contribution is 5.95. The Morgan fingerprint density at radius 3 is 2.33 bits per heavy atom. The van der Waals surface area contributed by atoms with Gasteiger partial charge in [0.15, 0.2) is 0 Å². The van der Waals surface area contributed by atoms with E-state index in [4.69, 9.17) is 9.47 Å². The van der Waals surface area contributed by atoms with Crippen LogP contribution in [0.1, 0.15) is 50.9 Å². The highest BCUT2D eigenvalue weighted by atomic mass is 16.6. The van der Waals surface area contributed by atoms with Gasteiger partial charge in [-0.2, -0.15) is 0 Å². The van der Waals surface area contributed by atoms with Crippen LogP contribution in [0, 0.1) is 11.8 Å². The fourth-order valence-corrected chi connectivity index (χ4v) is 2.44. The van der Waals surface area contributed by atoms with Gasteiger partial charge in [0.05, 0.1) is 12.2 Å². The third kappa shape index (κ3) is 7.29. The second kappa shape index (κ2) is 8.88. The Labute approximate surface area is 159 Å². The summed E-state index contributed by atoms with van der Waals surface area (Å²) in [5.74, 6) is 0.129. The molecule has 7 nitrogen and oxygen atoms in total. The molecule has 1 aromatic carbocycles. The maximum atomic E-state index is 12.0.